The highest BCUT2D eigenvalue weighted by Crippen LogP contribution is 2.33. The molecule has 1 aliphatic rings. The van der Waals surface area contributed by atoms with Gasteiger partial charge in [0.15, 0.2) is 0 Å². The van der Waals surface area contributed by atoms with Gasteiger partial charge in [0.2, 0.25) is 0 Å². The number of benzene rings is 1. The largest absolute Gasteiger partial charge is 0.496 e. The van der Waals surface area contributed by atoms with E-state index in [2.05, 4.69) is 22.0 Å². The van der Waals surface area contributed by atoms with Crippen molar-refractivity contribution in [2.24, 2.45) is 0 Å². The fraction of sp³-hybridized carbons (Fsp3) is 0.625. The van der Waals surface area contributed by atoms with Gasteiger partial charge in [0.25, 0.3) is 0 Å². The normalized spacial score (nSPS) is 24.4. The molecule has 0 N–H and O–H groups in total. The SMILES string of the molecule is COc1ccccc1C(CBr)OC1CCCC(OC)C1. The van der Waals surface area contributed by atoms with Gasteiger partial charge in [0.1, 0.15) is 5.75 Å². The first kappa shape index (κ1) is 15.8. The Bertz CT molecular complexity index is 410. The number of para-hydroxylation sites is 1. The maximum absolute atomic E-state index is 6.29. The summed E-state index contributed by atoms with van der Waals surface area (Å²) in [5.41, 5.74) is 1.10. The van der Waals surface area contributed by atoms with E-state index in [1.165, 1.54) is 6.42 Å². The Morgan fingerprint density at radius 1 is 1.20 bits per heavy atom. The van der Waals surface area contributed by atoms with Crippen molar-refractivity contribution in [1.29, 1.82) is 0 Å². The number of alkyl halides is 1. The van der Waals surface area contributed by atoms with Gasteiger partial charge in [-0.1, -0.05) is 34.1 Å². The van der Waals surface area contributed by atoms with Crippen LogP contribution in [0.1, 0.15) is 37.4 Å². The van der Waals surface area contributed by atoms with Crippen LogP contribution >= 0.6 is 15.9 Å². The average Bonchev–Trinajstić information content (AvgIpc) is 2.52. The van der Waals surface area contributed by atoms with E-state index in [4.69, 9.17) is 14.2 Å². The van der Waals surface area contributed by atoms with Crippen molar-refractivity contribution in [2.75, 3.05) is 19.5 Å². The number of rotatable bonds is 6. The van der Waals surface area contributed by atoms with Gasteiger partial charge in [0, 0.05) is 18.0 Å². The molecule has 0 amide bonds. The Hall–Kier alpha value is -0.580. The highest BCUT2D eigenvalue weighted by molar-refractivity contribution is 9.09. The van der Waals surface area contributed by atoms with E-state index < -0.39 is 0 Å². The second kappa shape index (κ2) is 8.01. The molecule has 1 aromatic carbocycles. The number of hydrogen-bond donors (Lipinski definition) is 0. The molecule has 1 saturated carbocycles. The van der Waals surface area contributed by atoms with Crippen LogP contribution in [0.15, 0.2) is 24.3 Å². The summed E-state index contributed by atoms with van der Waals surface area (Å²) >= 11 is 3.56. The quantitative estimate of drug-likeness (QED) is 0.728. The van der Waals surface area contributed by atoms with E-state index in [1.807, 2.05) is 18.2 Å². The summed E-state index contributed by atoms with van der Waals surface area (Å²) in [5.74, 6) is 0.885. The summed E-state index contributed by atoms with van der Waals surface area (Å²) in [4.78, 5) is 0. The molecule has 2 rings (SSSR count). The smallest absolute Gasteiger partial charge is 0.124 e. The van der Waals surface area contributed by atoms with Gasteiger partial charge in [-0.2, -0.15) is 0 Å². The topological polar surface area (TPSA) is 27.7 Å². The minimum Gasteiger partial charge on any atom is -0.496 e. The molecule has 1 aromatic rings. The molecule has 1 fully saturated rings. The van der Waals surface area contributed by atoms with E-state index in [0.717, 1.165) is 35.9 Å². The Morgan fingerprint density at radius 3 is 2.65 bits per heavy atom. The van der Waals surface area contributed by atoms with Crippen molar-refractivity contribution in [3.8, 4) is 5.75 Å². The van der Waals surface area contributed by atoms with Gasteiger partial charge < -0.3 is 14.2 Å². The molecule has 1 aliphatic carbocycles. The van der Waals surface area contributed by atoms with Crippen LogP contribution in [0.3, 0.4) is 0 Å². The lowest BCUT2D eigenvalue weighted by molar-refractivity contribution is -0.0588. The first-order chi connectivity index (χ1) is 9.78. The third-order valence-electron chi connectivity index (χ3n) is 3.89. The zero-order valence-electron chi connectivity index (χ0n) is 12.2. The van der Waals surface area contributed by atoms with Crippen LogP contribution in [0.25, 0.3) is 0 Å². The highest BCUT2D eigenvalue weighted by atomic mass is 79.9. The standard InChI is InChI=1S/C16H23BrO3/c1-18-12-6-5-7-13(10-12)20-16(11-17)14-8-3-4-9-15(14)19-2/h3-4,8-9,12-13,16H,5-7,10-11H2,1-2H3. The van der Waals surface area contributed by atoms with Gasteiger partial charge in [-0.25, -0.2) is 0 Å². The van der Waals surface area contributed by atoms with E-state index in [0.29, 0.717) is 6.10 Å². The number of ether oxygens (including phenoxy) is 3. The molecule has 112 valence electrons. The summed E-state index contributed by atoms with van der Waals surface area (Å²) in [7, 11) is 3.49. The fourth-order valence-electron chi connectivity index (χ4n) is 2.80. The fourth-order valence-corrected chi connectivity index (χ4v) is 3.30. The number of halogens is 1. The van der Waals surface area contributed by atoms with Gasteiger partial charge in [-0.15, -0.1) is 0 Å². The zero-order chi connectivity index (χ0) is 14.4. The molecule has 0 aliphatic heterocycles. The summed E-state index contributed by atoms with van der Waals surface area (Å²) in [6.45, 7) is 0. The lowest BCUT2D eigenvalue weighted by Crippen LogP contribution is -2.29. The molecule has 0 bridgehead atoms. The van der Waals surface area contributed by atoms with Crippen LogP contribution in [-0.2, 0) is 9.47 Å². The number of hydrogen-bond acceptors (Lipinski definition) is 3. The summed E-state index contributed by atoms with van der Waals surface area (Å²) in [6, 6.07) is 8.06. The van der Waals surface area contributed by atoms with Crippen molar-refractivity contribution in [2.45, 2.75) is 44.0 Å². The van der Waals surface area contributed by atoms with Crippen LogP contribution in [0.5, 0.6) is 5.75 Å². The monoisotopic (exact) mass is 342 g/mol. The van der Waals surface area contributed by atoms with Gasteiger partial charge >= 0.3 is 0 Å². The predicted molar refractivity (Wildman–Crippen MR) is 83.7 cm³/mol. The van der Waals surface area contributed by atoms with Crippen molar-refractivity contribution >= 4 is 15.9 Å². The minimum atomic E-state index is 0.0201. The Kier molecular flexibility index (Phi) is 6.33. The predicted octanol–water partition coefficient (Wildman–Crippen LogP) is 4.11. The lowest BCUT2D eigenvalue weighted by atomic mass is 9.94. The maximum Gasteiger partial charge on any atom is 0.124 e. The minimum absolute atomic E-state index is 0.0201. The Balaban J connectivity index is 2.05. The van der Waals surface area contributed by atoms with Crippen molar-refractivity contribution in [3.05, 3.63) is 29.8 Å². The van der Waals surface area contributed by atoms with Gasteiger partial charge in [-0.3, -0.25) is 0 Å². The molecule has 20 heavy (non-hydrogen) atoms. The molecule has 3 unspecified atom stereocenters. The molecule has 0 heterocycles. The molecule has 0 radical (unpaired) electrons. The summed E-state index contributed by atoms with van der Waals surface area (Å²) in [5, 5.41) is 0.765. The molecule has 4 heteroatoms. The highest BCUT2D eigenvalue weighted by Gasteiger charge is 2.26. The van der Waals surface area contributed by atoms with Crippen molar-refractivity contribution < 1.29 is 14.2 Å². The molecule has 0 saturated heterocycles. The molecular formula is C16H23BrO3. The summed E-state index contributed by atoms with van der Waals surface area (Å²) in [6.07, 6.45) is 5.03. The van der Waals surface area contributed by atoms with E-state index in [-0.39, 0.29) is 12.2 Å². The average molecular weight is 343 g/mol. The van der Waals surface area contributed by atoms with Crippen LogP contribution in [-0.4, -0.2) is 31.8 Å². The molecule has 3 nitrogen and oxygen atoms in total. The zero-order valence-corrected chi connectivity index (χ0v) is 13.8. The first-order valence-corrected chi connectivity index (χ1v) is 8.27. The lowest BCUT2D eigenvalue weighted by Gasteiger charge is -2.31. The van der Waals surface area contributed by atoms with Gasteiger partial charge in [-0.05, 0) is 31.7 Å². The number of methoxy groups -OCH3 is 2. The Morgan fingerprint density at radius 2 is 1.95 bits per heavy atom. The Labute approximate surface area is 129 Å². The molecule has 3 atom stereocenters. The molecule has 0 spiro atoms. The van der Waals surface area contributed by atoms with Crippen LogP contribution in [0, 0.1) is 0 Å². The van der Waals surface area contributed by atoms with Crippen molar-refractivity contribution in [1.82, 2.24) is 0 Å². The van der Waals surface area contributed by atoms with E-state index in [1.54, 1.807) is 14.2 Å². The van der Waals surface area contributed by atoms with E-state index >= 15 is 0 Å². The van der Waals surface area contributed by atoms with E-state index in [9.17, 15) is 0 Å². The molecule has 0 aromatic heterocycles. The maximum atomic E-state index is 6.29. The third kappa shape index (κ3) is 3.96. The third-order valence-corrected chi connectivity index (χ3v) is 4.48. The van der Waals surface area contributed by atoms with Crippen LogP contribution in [0.4, 0.5) is 0 Å². The first-order valence-electron chi connectivity index (χ1n) is 7.15. The van der Waals surface area contributed by atoms with Crippen LogP contribution in [0.2, 0.25) is 0 Å². The van der Waals surface area contributed by atoms with Gasteiger partial charge in [0.05, 0.1) is 25.4 Å². The summed E-state index contributed by atoms with van der Waals surface area (Å²) < 4.78 is 17.2. The second-order valence-electron chi connectivity index (χ2n) is 5.17. The second-order valence-corrected chi connectivity index (χ2v) is 5.81. The molecular weight excluding hydrogens is 320 g/mol. The van der Waals surface area contributed by atoms with Crippen LogP contribution < -0.4 is 4.74 Å². The van der Waals surface area contributed by atoms with Crippen molar-refractivity contribution in [3.63, 3.8) is 0 Å².